The molecule has 3 nitrogen and oxygen atoms in total. The largest absolute Gasteiger partial charge is 0.337 e. The van der Waals surface area contributed by atoms with Gasteiger partial charge in [-0.15, -0.1) is 0 Å². The Morgan fingerprint density at radius 3 is 1.65 bits per heavy atom. The minimum absolute atomic E-state index is 0.377. The second kappa shape index (κ2) is 12.0. The molecule has 3 heteroatoms. The average molecular weight is 520 g/mol. The normalized spacial score (nSPS) is 11.8. The predicted octanol–water partition coefficient (Wildman–Crippen LogP) is 8.82. The molecule has 1 heterocycles. The molecule has 1 unspecified atom stereocenters. The van der Waals surface area contributed by atoms with Crippen molar-refractivity contribution in [3.05, 3.63) is 151 Å². The van der Waals surface area contributed by atoms with E-state index in [1.165, 1.54) is 22.3 Å². The van der Waals surface area contributed by atoms with Gasteiger partial charge in [0.1, 0.15) is 5.82 Å². The first-order valence-corrected chi connectivity index (χ1v) is 13.9. The highest BCUT2D eigenvalue weighted by Crippen LogP contribution is 2.34. The summed E-state index contributed by atoms with van der Waals surface area (Å²) in [5.41, 5.74) is 10.4. The summed E-state index contributed by atoms with van der Waals surface area (Å²) in [4.78, 5) is 8.66. The number of imidazole rings is 1. The van der Waals surface area contributed by atoms with Crippen LogP contribution in [0.5, 0.6) is 0 Å². The van der Waals surface area contributed by atoms with Crippen LogP contribution < -0.4 is 5.32 Å². The van der Waals surface area contributed by atoms with Crippen LogP contribution in [-0.2, 0) is 0 Å². The van der Waals surface area contributed by atoms with Gasteiger partial charge in [-0.2, -0.15) is 0 Å². The molecule has 1 aromatic heterocycles. The minimum atomic E-state index is 0.377. The van der Waals surface area contributed by atoms with E-state index in [9.17, 15) is 0 Å². The van der Waals surface area contributed by atoms with Crippen molar-refractivity contribution in [2.75, 3.05) is 13.6 Å². The van der Waals surface area contributed by atoms with E-state index in [0.29, 0.717) is 5.92 Å². The molecule has 5 aromatic carbocycles. The van der Waals surface area contributed by atoms with Crippen LogP contribution in [0.3, 0.4) is 0 Å². The summed E-state index contributed by atoms with van der Waals surface area (Å²) >= 11 is 0. The molecular formula is C37H33N3. The van der Waals surface area contributed by atoms with E-state index >= 15 is 0 Å². The quantitative estimate of drug-likeness (QED) is 0.200. The van der Waals surface area contributed by atoms with E-state index in [-0.39, 0.29) is 0 Å². The lowest BCUT2D eigenvalue weighted by Crippen LogP contribution is -2.13. The molecule has 0 bridgehead atoms. The third kappa shape index (κ3) is 5.51. The van der Waals surface area contributed by atoms with E-state index in [0.717, 1.165) is 46.9 Å². The number of hydrogen-bond donors (Lipinski definition) is 2. The fourth-order valence-corrected chi connectivity index (χ4v) is 5.36. The first kappa shape index (κ1) is 25.5. The van der Waals surface area contributed by atoms with Gasteiger partial charge in [0.15, 0.2) is 0 Å². The Morgan fingerprint density at radius 2 is 1.05 bits per heavy atom. The fourth-order valence-electron chi connectivity index (χ4n) is 5.36. The van der Waals surface area contributed by atoms with Gasteiger partial charge in [0.2, 0.25) is 0 Å². The highest BCUT2D eigenvalue weighted by atomic mass is 14.9. The van der Waals surface area contributed by atoms with E-state index in [1.807, 2.05) is 19.2 Å². The molecule has 0 spiro atoms. The molecule has 0 aliphatic carbocycles. The topological polar surface area (TPSA) is 40.7 Å². The second-order valence-corrected chi connectivity index (χ2v) is 10.1. The summed E-state index contributed by atoms with van der Waals surface area (Å²) in [6.45, 7) is 0.980. The van der Waals surface area contributed by atoms with Crippen molar-refractivity contribution < 1.29 is 0 Å². The number of hydrogen-bond acceptors (Lipinski definition) is 2. The summed E-state index contributed by atoms with van der Waals surface area (Å²) in [5, 5.41) is 3.31. The van der Waals surface area contributed by atoms with Crippen LogP contribution in [0.15, 0.2) is 140 Å². The van der Waals surface area contributed by atoms with Gasteiger partial charge in [-0.1, -0.05) is 140 Å². The van der Waals surface area contributed by atoms with Crippen LogP contribution in [0.1, 0.15) is 23.5 Å². The zero-order chi connectivity index (χ0) is 27.1. The van der Waals surface area contributed by atoms with Gasteiger partial charge in [-0.3, -0.25) is 0 Å². The molecule has 0 saturated heterocycles. The van der Waals surface area contributed by atoms with Crippen LogP contribution >= 0.6 is 0 Å². The monoisotopic (exact) mass is 519 g/mol. The lowest BCUT2D eigenvalue weighted by molar-refractivity contribution is 0.662. The molecule has 0 radical (unpaired) electrons. The number of nitrogens with one attached hydrogen (secondary N) is 2. The summed E-state index contributed by atoms with van der Waals surface area (Å²) < 4.78 is 0. The maximum absolute atomic E-state index is 5.05. The molecule has 1 atom stereocenters. The van der Waals surface area contributed by atoms with Crippen molar-refractivity contribution in [2.24, 2.45) is 0 Å². The van der Waals surface area contributed by atoms with Gasteiger partial charge in [0, 0.05) is 22.6 Å². The van der Waals surface area contributed by atoms with Crippen LogP contribution in [0, 0.1) is 0 Å². The Labute approximate surface area is 236 Å². The van der Waals surface area contributed by atoms with Gasteiger partial charge in [-0.05, 0) is 42.3 Å². The Hall–Kier alpha value is -4.73. The van der Waals surface area contributed by atoms with Crippen LogP contribution in [0.25, 0.3) is 45.0 Å². The van der Waals surface area contributed by atoms with Crippen molar-refractivity contribution in [2.45, 2.75) is 12.3 Å². The number of rotatable bonds is 9. The molecule has 0 amide bonds. The third-order valence-corrected chi connectivity index (χ3v) is 7.50. The number of nitrogens with zero attached hydrogens (tertiary/aromatic N) is 1. The smallest absolute Gasteiger partial charge is 0.138 e. The Kier molecular flexibility index (Phi) is 7.65. The molecule has 0 fully saturated rings. The average Bonchev–Trinajstić information content (AvgIpc) is 3.49. The second-order valence-electron chi connectivity index (χ2n) is 10.1. The summed E-state index contributed by atoms with van der Waals surface area (Å²) in [6.07, 6.45) is 1.06. The van der Waals surface area contributed by atoms with Gasteiger partial charge >= 0.3 is 0 Å². The Balaban J connectivity index is 1.28. The minimum Gasteiger partial charge on any atom is -0.337 e. The molecule has 40 heavy (non-hydrogen) atoms. The number of aromatic amines is 1. The third-order valence-electron chi connectivity index (χ3n) is 7.50. The molecule has 6 rings (SSSR count). The molecule has 196 valence electrons. The summed E-state index contributed by atoms with van der Waals surface area (Å²) in [5.74, 6) is 1.25. The Morgan fingerprint density at radius 1 is 0.550 bits per heavy atom. The predicted molar refractivity (Wildman–Crippen MR) is 167 cm³/mol. The van der Waals surface area contributed by atoms with E-state index < -0.39 is 0 Å². The van der Waals surface area contributed by atoms with Crippen LogP contribution in [0.4, 0.5) is 0 Å². The highest BCUT2D eigenvalue weighted by Gasteiger charge is 2.16. The number of aromatic nitrogens is 2. The number of H-pyrrole nitrogens is 1. The molecule has 0 aliphatic rings. The molecular weight excluding hydrogens is 486 g/mol. The van der Waals surface area contributed by atoms with Gasteiger partial charge in [0.05, 0.1) is 11.4 Å². The van der Waals surface area contributed by atoms with Crippen LogP contribution in [-0.4, -0.2) is 23.6 Å². The zero-order valence-corrected chi connectivity index (χ0v) is 22.7. The van der Waals surface area contributed by atoms with E-state index in [2.05, 4.69) is 138 Å². The SMILES string of the molecule is CNCCC(c1ccccc1)c1ccc(-c2ccc(-c3nc(-c4ccccc4)c(-c4ccccc4)[nH]3)cc2)cc1. The van der Waals surface area contributed by atoms with Crippen molar-refractivity contribution in [3.8, 4) is 45.0 Å². The fraction of sp³-hybridized carbons (Fsp3) is 0.108. The number of benzene rings is 5. The van der Waals surface area contributed by atoms with E-state index in [4.69, 9.17) is 4.98 Å². The Bertz CT molecular complexity index is 1580. The molecule has 2 N–H and O–H groups in total. The van der Waals surface area contributed by atoms with Crippen molar-refractivity contribution in [3.63, 3.8) is 0 Å². The summed E-state index contributed by atoms with van der Waals surface area (Å²) in [7, 11) is 2.02. The highest BCUT2D eigenvalue weighted by molar-refractivity contribution is 5.81. The standard InChI is InChI=1S/C37H33N3/c1-38-26-25-34(29-11-5-2-6-12-29)30-21-17-27(18-22-30)28-19-23-33(24-20-28)37-39-35(31-13-7-3-8-14-31)36(40-37)32-15-9-4-10-16-32/h2-24,34,38H,25-26H2,1H3,(H,39,40). The first-order chi connectivity index (χ1) is 19.8. The molecule has 0 aliphatic heterocycles. The van der Waals surface area contributed by atoms with Gasteiger partial charge in [-0.25, -0.2) is 4.98 Å². The van der Waals surface area contributed by atoms with Crippen molar-refractivity contribution in [1.82, 2.24) is 15.3 Å². The lowest BCUT2D eigenvalue weighted by atomic mass is 9.87. The molecule has 6 aromatic rings. The van der Waals surface area contributed by atoms with E-state index in [1.54, 1.807) is 0 Å². The van der Waals surface area contributed by atoms with Crippen molar-refractivity contribution in [1.29, 1.82) is 0 Å². The molecule has 0 saturated carbocycles. The maximum Gasteiger partial charge on any atom is 0.138 e. The first-order valence-electron chi connectivity index (χ1n) is 13.9. The van der Waals surface area contributed by atoms with Crippen molar-refractivity contribution >= 4 is 0 Å². The summed E-state index contributed by atoms with van der Waals surface area (Å²) in [6, 6.07) is 49.3. The zero-order valence-electron chi connectivity index (χ0n) is 22.7. The van der Waals surface area contributed by atoms with Gasteiger partial charge in [0.25, 0.3) is 0 Å². The maximum atomic E-state index is 5.05. The van der Waals surface area contributed by atoms with Gasteiger partial charge < -0.3 is 10.3 Å². The lowest BCUT2D eigenvalue weighted by Gasteiger charge is -2.18. The van der Waals surface area contributed by atoms with Crippen LogP contribution in [0.2, 0.25) is 0 Å².